The number of nitrogens with one attached hydrogen (secondary N) is 2. The Morgan fingerprint density at radius 1 is 1.15 bits per heavy atom. The molecule has 0 fully saturated rings. The zero-order valence-corrected chi connectivity index (χ0v) is 16.6. The highest BCUT2D eigenvalue weighted by molar-refractivity contribution is 6.35. The molecule has 1 amide bonds. The van der Waals surface area contributed by atoms with Gasteiger partial charge in [-0.1, -0.05) is 29.3 Å². The smallest absolute Gasteiger partial charge is 0.252 e. The van der Waals surface area contributed by atoms with Crippen molar-refractivity contribution in [1.82, 2.24) is 15.2 Å². The molecule has 0 aliphatic heterocycles. The molecule has 0 spiro atoms. The maximum absolute atomic E-state index is 12.2. The van der Waals surface area contributed by atoms with E-state index in [1.807, 2.05) is 26.2 Å². The minimum absolute atomic E-state index is 0.111. The number of hydrogen-bond acceptors (Lipinski definition) is 4. The summed E-state index contributed by atoms with van der Waals surface area (Å²) in [5, 5.41) is 7.47. The van der Waals surface area contributed by atoms with Gasteiger partial charge in [0.05, 0.1) is 11.3 Å². The molecule has 2 N–H and O–H groups in total. The molecular formula is C19H24Cl2N4O. The maximum Gasteiger partial charge on any atom is 0.252 e. The van der Waals surface area contributed by atoms with E-state index in [9.17, 15) is 4.79 Å². The fourth-order valence-corrected chi connectivity index (χ4v) is 2.93. The van der Waals surface area contributed by atoms with E-state index in [2.05, 4.69) is 20.5 Å². The fourth-order valence-electron chi connectivity index (χ4n) is 2.43. The normalized spacial score (nSPS) is 10.8. The molecule has 2 rings (SSSR count). The summed E-state index contributed by atoms with van der Waals surface area (Å²) < 4.78 is 0. The third kappa shape index (κ3) is 6.83. The van der Waals surface area contributed by atoms with E-state index in [-0.39, 0.29) is 5.91 Å². The summed E-state index contributed by atoms with van der Waals surface area (Å²) >= 11 is 12.1. The van der Waals surface area contributed by atoms with E-state index in [1.54, 1.807) is 24.5 Å². The van der Waals surface area contributed by atoms with Gasteiger partial charge in [-0.2, -0.15) is 0 Å². The lowest BCUT2D eigenvalue weighted by molar-refractivity contribution is 0.0952. The Kier molecular flexibility index (Phi) is 8.16. The first-order valence-corrected chi connectivity index (χ1v) is 9.27. The zero-order chi connectivity index (χ0) is 18.9. The lowest BCUT2D eigenvalue weighted by Gasteiger charge is -2.11. The number of carbonyl (C=O) groups excluding carboxylic acids is 1. The maximum atomic E-state index is 12.2. The molecule has 5 nitrogen and oxygen atoms in total. The SMILES string of the molecule is CN(C)CCCNC(=O)c1cncc(NCCc2ccc(Cl)cc2Cl)c1. The Bertz CT molecular complexity index is 737. The van der Waals surface area contributed by atoms with Crippen molar-refractivity contribution >= 4 is 34.8 Å². The third-order valence-corrected chi connectivity index (χ3v) is 4.39. The van der Waals surface area contributed by atoms with Crippen LogP contribution in [-0.2, 0) is 6.42 Å². The molecule has 0 atom stereocenters. The highest BCUT2D eigenvalue weighted by atomic mass is 35.5. The Hall–Kier alpha value is -1.82. The third-order valence-electron chi connectivity index (χ3n) is 3.81. The quantitative estimate of drug-likeness (QED) is 0.636. The Morgan fingerprint density at radius 3 is 2.69 bits per heavy atom. The molecule has 0 bridgehead atoms. The average Bonchev–Trinajstić information content (AvgIpc) is 2.60. The van der Waals surface area contributed by atoms with Crippen molar-refractivity contribution < 1.29 is 4.79 Å². The topological polar surface area (TPSA) is 57.3 Å². The number of halogens is 2. The van der Waals surface area contributed by atoms with Crippen LogP contribution < -0.4 is 10.6 Å². The molecule has 140 valence electrons. The second kappa shape index (κ2) is 10.4. The van der Waals surface area contributed by atoms with Crippen molar-refractivity contribution in [3.63, 3.8) is 0 Å². The molecular weight excluding hydrogens is 371 g/mol. The van der Waals surface area contributed by atoms with Crippen molar-refractivity contribution in [2.75, 3.05) is 39.0 Å². The van der Waals surface area contributed by atoms with Crippen LogP contribution in [0.5, 0.6) is 0 Å². The number of pyridine rings is 1. The highest BCUT2D eigenvalue weighted by Crippen LogP contribution is 2.21. The van der Waals surface area contributed by atoms with E-state index in [0.29, 0.717) is 28.7 Å². The average molecular weight is 395 g/mol. The molecule has 0 unspecified atom stereocenters. The molecule has 0 aliphatic rings. The van der Waals surface area contributed by atoms with Gasteiger partial charge >= 0.3 is 0 Å². The van der Waals surface area contributed by atoms with E-state index in [4.69, 9.17) is 23.2 Å². The van der Waals surface area contributed by atoms with Gasteiger partial charge in [0.2, 0.25) is 0 Å². The molecule has 1 aromatic carbocycles. The number of benzene rings is 1. The number of hydrogen-bond donors (Lipinski definition) is 2. The van der Waals surface area contributed by atoms with Crippen LogP contribution in [0.1, 0.15) is 22.3 Å². The van der Waals surface area contributed by atoms with Gasteiger partial charge in [0, 0.05) is 35.5 Å². The van der Waals surface area contributed by atoms with Gasteiger partial charge in [0.25, 0.3) is 5.91 Å². The van der Waals surface area contributed by atoms with E-state index < -0.39 is 0 Å². The summed E-state index contributed by atoms with van der Waals surface area (Å²) in [6.45, 7) is 2.26. The first kappa shape index (κ1) is 20.5. The van der Waals surface area contributed by atoms with Crippen LogP contribution in [-0.4, -0.2) is 49.5 Å². The highest BCUT2D eigenvalue weighted by Gasteiger charge is 2.07. The monoisotopic (exact) mass is 394 g/mol. The van der Waals surface area contributed by atoms with Crippen molar-refractivity contribution in [3.8, 4) is 0 Å². The van der Waals surface area contributed by atoms with Gasteiger partial charge in [-0.05, 0) is 57.2 Å². The minimum Gasteiger partial charge on any atom is -0.383 e. The molecule has 2 aromatic rings. The summed E-state index contributed by atoms with van der Waals surface area (Å²) in [5.74, 6) is -0.111. The fraction of sp³-hybridized carbons (Fsp3) is 0.368. The summed E-state index contributed by atoms with van der Waals surface area (Å²) in [4.78, 5) is 18.4. The van der Waals surface area contributed by atoms with Crippen LogP contribution in [0.3, 0.4) is 0 Å². The van der Waals surface area contributed by atoms with Crippen LogP contribution in [0, 0.1) is 0 Å². The Labute approximate surface area is 164 Å². The summed E-state index contributed by atoms with van der Waals surface area (Å²) in [6, 6.07) is 7.28. The summed E-state index contributed by atoms with van der Waals surface area (Å²) in [7, 11) is 4.02. The second-order valence-electron chi connectivity index (χ2n) is 6.29. The summed E-state index contributed by atoms with van der Waals surface area (Å²) in [6.07, 6.45) is 4.93. The lowest BCUT2D eigenvalue weighted by Crippen LogP contribution is -2.27. The largest absolute Gasteiger partial charge is 0.383 e. The number of aromatic nitrogens is 1. The van der Waals surface area contributed by atoms with Crippen molar-refractivity contribution in [2.45, 2.75) is 12.8 Å². The van der Waals surface area contributed by atoms with Crippen LogP contribution in [0.25, 0.3) is 0 Å². The van der Waals surface area contributed by atoms with Crippen LogP contribution in [0.15, 0.2) is 36.7 Å². The van der Waals surface area contributed by atoms with Gasteiger partial charge in [-0.15, -0.1) is 0 Å². The predicted octanol–water partition coefficient (Wildman–Crippen LogP) is 3.72. The number of amides is 1. The summed E-state index contributed by atoms with van der Waals surface area (Å²) in [5.41, 5.74) is 2.37. The van der Waals surface area contributed by atoms with Crippen LogP contribution in [0.4, 0.5) is 5.69 Å². The first-order valence-electron chi connectivity index (χ1n) is 8.51. The zero-order valence-electron chi connectivity index (χ0n) is 15.1. The lowest BCUT2D eigenvalue weighted by atomic mass is 10.1. The molecule has 0 saturated carbocycles. The van der Waals surface area contributed by atoms with Gasteiger partial charge in [-0.3, -0.25) is 9.78 Å². The second-order valence-corrected chi connectivity index (χ2v) is 7.13. The number of anilines is 1. The molecule has 0 radical (unpaired) electrons. The number of carbonyl (C=O) groups is 1. The van der Waals surface area contributed by atoms with Gasteiger partial charge in [0.1, 0.15) is 0 Å². The van der Waals surface area contributed by atoms with Crippen molar-refractivity contribution in [3.05, 3.63) is 57.8 Å². The number of rotatable bonds is 9. The molecule has 1 heterocycles. The first-order chi connectivity index (χ1) is 12.5. The Balaban J connectivity index is 1.83. The van der Waals surface area contributed by atoms with Crippen molar-refractivity contribution in [1.29, 1.82) is 0 Å². The van der Waals surface area contributed by atoms with E-state index in [1.165, 1.54) is 0 Å². The number of nitrogens with zero attached hydrogens (tertiary/aromatic N) is 2. The van der Waals surface area contributed by atoms with E-state index in [0.717, 1.165) is 30.6 Å². The predicted molar refractivity (Wildman–Crippen MR) is 108 cm³/mol. The van der Waals surface area contributed by atoms with Gasteiger partial charge in [-0.25, -0.2) is 0 Å². The molecule has 7 heteroatoms. The molecule has 26 heavy (non-hydrogen) atoms. The minimum atomic E-state index is -0.111. The van der Waals surface area contributed by atoms with Gasteiger partial charge in [0.15, 0.2) is 0 Å². The van der Waals surface area contributed by atoms with Crippen molar-refractivity contribution in [2.24, 2.45) is 0 Å². The van der Waals surface area contributed by atoms with Crippen LogP contribution in [0.2, 0.25) is 10.0 Å². The standard InChI is InChI=1S/C19H24Cl2N4O/c1-25(2)9-3-7-24-19(26)15-10-17(13-22-12-15)23-8-6-14-4-5-16(20)11-18(14)21/h4-5,10-13,23H,3,6-9H2,1-2H3,(H,24,26). The van der Waals surface area contributed by atoms with Crippen LogP contribution >= 0.6 is 23.2 Å². The molecule has 1 aromatic heterocycles. The van der Waals surface area contributed by atoms with E-state index >= 15 is 0 Å². The molecule has 0 aliphatic carbocycles. The molecule has 0 saturated heterocycles. The Morgan fingerprint density at radius 2 is 1.96 bits per heavy atom. The van der Waals surface area contributed by atoms with Gasteiger partial charge < -0.3 is 15.5 Å².